The number of benzene rings is 2. The second kappa shape index (κ2) is 6.25. The maximum Gasteiger partial charge on any atom is 0.124 e. The highest BCUT2D eigenvalue weighted by Crippen LogP contribution is 2.40. The molecule has 19 heavy (non-hydrogen) atoms. The van der Waals surface area contributed by atoms with Gasteiger partial charge in [0.15, 0.2) is 0 Å². The Labute approximate surface area is 133 Å². The Kier molecular flexibility index (Phi) is 4.87. The van der Waals surface area contributed by atoms with Crippen LogP contribution in [0.15, 0.2) is 40.9 Å². The number of rotatable bonds is 3. The van der Waals surface area contributed by atoms with Crippen LogP contribution in [-0.4, -0.2) is 7.11 Å². The summed E-state index contributed by atoms with van der Waals surface area (Å²) >= 11 is 13.0. The van der Waals surface area contributed by atoms with E-state index < -0.39 is 0 Å². The summed E-state index contributed by atoms with van der Waals surface area (Å²) in [6.45, 7) is 0. The topological polar surface area (TPSA) is 9.23 Å². The summed E-state index contributed by atoms with van der Waals surface area (Å²) in [5.74, 6) is 0.441. The predicted octanol–water partition coefficient (Wildman–Crippen LogP) is 5.73. The lowest BCUT2D eigenvalue weighted by molar-refractivity contribution is 0.410. The molecule has 0 saturated carbocycles. The molecule has 0 fully saturated rings. The van der Waals surface area contributed by atoms with E-state index in [1.54, 1.807) is 19.2 Å². The lowest BCUT2D eigenvalue weighted by Crippen LogP contribution is -1.98. The summed E-state index contributed by atoms with van der Waals surface area (Å²) in [5.41, 5.74) is 1.80. The van der Waals surface area contributed by atoms with Crippen molar-refractivity contribution in [3.63, 3.8) is 0 Å². The third kappa shape index (κ3) is 3.30. The summed E-state index contributed by atoms with van der Waals surface area (Å²) in [6, 6.07) is 9.98. The highest BCUT2D eigenvalue weighted by atomic mass is 79.9. The van der Waals surface area contributed by atoms with Crippen molar-refractivity contribution in [1.29, 1.82) is 0 Å². The zero-order valence-electron chi connectivity index (χ0n) is 9.96. The molecular formula is C14H10Br2ClFO. The molecule has 0 saturated heterocycles. The third-order valence-corrected chi connectivity index (χ3v) is 4.61. The van der Waals surface area contributed by atoms with Gasteiger partial charge >= 0.3 is 0 Å². The van der Waals surface area contributed by atoms with E-state index in [2.05, 4.69) is 31.9 Å². The van der Waals surface area contributed by atoms with Crippen LogP contribution in [0.2, 0.25) is 5.02 Å². The minimum Gasteiger partial charge on any atom is -0.496 e. The van der Waals surface area contributed by atoms with Crippen molar-refractivity contribution in [2.24, 2.45) is 0 Å². The second-order valence-electron chi connectivity index (χ2n) is 3.91. The van der Waals surface area contributed by atoms with Crippen molar-refractivity contribution in [3.8, 4) is 5.75 Å². The van der Waals surface area contributed by atoms with Gasteiger partial charge in [0.2, 0.25) is 0 Å². The number of ether oxygens (including phenoxy) is 1. The van der Waals surface area contributed by atoms with Crippen LogP contribution in [0.4, 0.5) is 4.39 Å². The molecule has 0 aliphatic carbocycles. The minimum atomic E-state index is -0.284. The molecule has 5 heteroatoms. The molecule has 0 aromatic heterocycles. The van der Waals surface area contributed by atoms with Gasteiger partial charge in [0, 0.05) is 15.1 Å². The van der Waals surface area contributed by atoms with E-state index in [-0.39, 0.29) is 10.6 Å². The van der Waals surface area contributed by atoms with E-state index >= 15 is 0 Å². The SMILES string of the molecule is COc1ccc(Cl)cc1C(Br)c1ccc(F)cc1Br. The van der Waals surface area contributed by atoms with Crippen LogP contribution in [0, 0.1) is 5.82 Å². The number of halogens is 4. The molecule has 0 amide bonds. The van der Waals surface area contributed by atoms with Crippen molar-refractivity contribution in [2.75, 3.05) is 7.11 Å². The molecule has 0 radical (unpaired) electrons. The lowest BCUT2D eigenvalue weighted by Gasteiger charge is -2.16. The Balaban J connectivity index is 2.49. The van der Waals surface area contributed by atoms with Gasteiger partial charge in [-0.05, 0) is 35.9 Å². The standard InChI is InChI=1S/C14H10Br2ClFO/c1-19-13-5-2-8(17)6-11(13)14(16)10-4-3-9(18)7-12(10)15/h2-7,14H,1H3. The number of methoxy groups -OCH3 is 1. The van der Waals surface area contributed by atoms with Gasteiger partial charge in [-0.1, -0.05) is 49.5 Å². The Bertz CT molecular complexity index is 604. The monoisotopic (exact) mass is 406 g/mol. The number of alkyl halides is 1. The van der Waals surface area contributed by atoms with Crippen molar-refractivity contribution >= 4 is 43.5 Å². The molecule has 1 nitrogen and oxygen atoms in total. The van der Waals surface area contributed by atoms with Crippen LogP contribution in [0.1, 0.15) is 16.0 Å². The third-order valence-electron chi connectivity index (χ3n) is 2.70. The zero-order chi connectivity index (χ0) is 14.0. The molecule has 2 aromatic rings. The van der Waals surface area contributed by atoms with Crippen LogP contribution in [0.3, 0.4) is 0 Å². The molecule has 0 aliphatic rings. The van der Waals surface area contributed by atoms with Crippen molar-refractivity contribution < 1.29 is 9.13 Å². The Hall–Kier alpha value is -0.580. The molecular weight excluding hydrogens is 398 g/mol. The molecule has 0 heterocycles. The summed E-state index contributed by atoms with van der Waals surface area (Å²) in [7, 11) is 1.60. The molecule has 0 N–H and O–H groups in total. The van der Waals surface area contributed by atoms with Gasteiger partial charge in [-0.25, -0.2) is 4.39 Å². The van der Waals surface area contributed by atoms with E-state index in [9.17, 15) is 4.39 Å². The molecule has 2 aromatic carbocycles. The van der Waals surface area contributed by atoms with Crippen LogP contribution in [-0.2, 0) is 0 Å². The van der Waals surface area contributed by atoms with E-state index in [0.29, 0.717) is 9.50 Å². The van der Waals surface area contributed by atoms with Crippen LogP contribution in [0.25, 0.3) is 0 Å². The number of hydrogen-bond donors (Lipinski definition) is 0. The van der Waals surface area contributed by atoms with E-state index in [0.717, 1.165) is 16.9 Å². The maximum absolute atomic E-state index is 13.1. The molecule has 0 aliphatic heterocycles. The van der Waals surface area contributed by atoms with E-state index in [4.69, 9.17) is 16.3 Å². The molecule has 0 spiro atoms. The van der Waals surface area contributed by atoms with E-state index in [1.165, 1.54) is 12.1 Å². The Morgan fingerprint density at radius 1 is 1.16 bits per heavy atom. The second-order valence-corrected chi connectivity index (χ2v) is 6.12. The largest absolute Gasteiger partial charge is 0.496 e. The first kappa shape index (κ1) is 14.8. The van der Waals surface area contributed by atoms with Gasteiger partial charge < -0.3 is 4.74 Å². The van der Waals surface area contributed by atoms with Crippen LogP contribution in [0.5, 0.6) is 5.75 Å². The fourth-order valence-electron chi connectivity index (χ4n) is 1.78. The maximum atomic E-state index is 13.1. The first-order valence-corrected chi connectivity index (χ1v) is 7.54. The normalized spacial score (nSPS) is 12.3. The Morgan fingerprint density at radius 3 is 2.53 bits per heavy atom. The van der Waals surface area contributed by atoms with Gasteiger partial charge in [-0.3, -0.25) is 0 Å². The smallest absolute Gasteiger partial charge is 0.124 e. The molecule has 2 rings (SSSR count). The Morgan fingerprint density at radius 2 is 1.89 bits per heavy atom. The summed E-state index contributed by atoms with van der Waals surface area (Å²) in [5, 5.41) is 0.624. The molecule has 1 atom stereocenters. The molecule has 100 valence electrons. The molecule has 0 bridgehead atoms. The molecule has 1 unspecified atom stereocenters. The highest BCUT2D eigenvalue weighted by molar-refractivity contribution is 9.11. The van der Waals surface area contributed by atoms with Gasteiger partial charge in [-0.15, -0.1) is 0 Å². The van der Waals surface area contributed by atoms with Gasteiger partial charge in [0.05, 0.1) is 11.9 Å². The fourth-order valence-corrected chi connectivity index (χ4v) is 3.60. The van der Waals surface area contributed by atoms with E-state index in [1.807, 2.05) is 12.1 Å². The van der Waals surface area contributed by atoms with Crippen molar-refractivity contribution in [1.82, 2.24) is 0 Å². The summed E-state index contributed by atoms with van der Waals surface area (Å²) in [4.78, 5) is -0.142. The van der Waals surface area contributed by atoms with Crippen LogP contribution < -0.4 is 4.74 Å². The lowest BCUT2D eigenvalue weighted by atomic mass is 10.0. The van der Waals surface area contributed by atoms with Gasteiger partial charge in [0.1, 0.15) is 11.6 Å². The highest BCUT2D eigenvalue weighted by Gasteiger charge is 2.18. The van der Waals surface area contributed by atoms with Gasteiger partial charge in [0.25, 0.3) is 0 Å². The van der Waals surface area contributed by atoms with Crippen molar-refractivity contribution in [3.05, 3.63) is 62.8 Å². The quantitative estimate of drug-likeness (QED) is 0.589. The zero-order valence-corrected chi connectivity index (χ0v) is 13.9. The minimum absolute atomic E-state index is 0.142. The van der Waals surface area contributed by atoms with Crippen LogP contribution >= 0.6 is 43.5 Å². The first-order chi connectivity index (χ1) is 9.02. The fraction of sp³-hybridized carbons (Fsp3) is 0.143. The average Bonchev–Trinajstić information content (AvgIpc) is 2.38. The predicted molar refractivity (Wildman–Crippen MR) is 82.9 cm³/mol. The number of hydrogen-bond acceptors (Lipinski definition) is 1. The summed E-state index contributed by atoms with van der Waals surface area (Å²) < 4.78 is 19.2. The van der Waals surface area contributed by atoms with Gasteiger partial charge in [-0.2, -0.15) is 0 Å². The average molecular weight is 408 g/mol. The first-order valence-electron chi connectivity index (χ1n) is 5.45. The summed E-state index contributed by atoms with van der Waals surface area (Å²) in [6.07, 6.45) is 0. The van der Waals surface area contributed by atoms with Crippen molar-refractivity contribution in [2.45, 2.75) is 4.83 Å².